The SMILES string of the molecule is CC(SC1COC(/C=C/C=C/c2ccc(Cl)nc2)OC1)C(O)(Cn1cncn1)c1ccc(F)cc1F. The average molecular weight is 535 g/mol. The molecule has 190 valence electrons. The van der Waals surface area contributed by atoms with Gasteiger partial charge in [-0.3, -0.25) is 0 Å². The quantitative estimate of drug-likeness (QED) is 0.317. The molecule has 0 saturated carbocycles. The zero-order chi connectivity index (χ0) is 25.5. The maximum Gasteiger partial charge on any atom is 0.177 e. The molecule has 1 aliphatic heterocycles. The molecule has 2 atom stereocenters. The largest absolute Gasteiger partial charge is 0.382 e. The molecular formula is C25H25ClF2N4O3S. The molecule has 1 aliphatic rings. The molecule has 1 N–H and O–H groups in total. The Bertz CT molecular complexity index is 1190. The van der Waals surface area contributed by atoms with Gasteiger partial charge in [0.05, 0.1) is 25.0 Å². The first-order valence-electron chi connectivity index (χ1n) is 11.2. The van der Waals surface area contributed by atoms with Gasteiger partial charge in [0.25, 0.3) is 0 Å². The monoisotopic (exact) mass is 534 g/mol. The maximum absolute atomic E-state index is 14.7. The highest BCUT2D eigenvalue weighted by molar-refractivity contribution is 8.00. The number of aromatic nitrogens is 4. The van der Waals surface area contributed by atoms with E-state index >= 15 is 0 Å². The lowest BCUT2D eigenvalue weighted by Gasteiger charge is -2.37. The Kier molecular flexibility index (Phi) is 8.86. The van der Waals surface area contributed by atoms with E-state index in [4.69, 9.17) is 21.1 Å². The van der Waals surface area contributed by atoms with Crippen molar-refractivity contribution in [2.75, 3.05) is 13.2 Å². The van der Waals surface area contributed by atoms with Crippen molar-refractivity contribution in [1.29, 1.82) is 0 Å². The summed E-state index contributed by atoms with van der Waals surface area (Å²) in [7, 11) is 0. The lowest BCUT2D eigenvalue weighted by molar-refractivity contribution is -0.146. The van der Waals surface area contributed by atoms with Crippen molar-refractivity contribution < 1.29 is 23.4 Å². The summed E-state index contributed by atoms with van der Waals surface area (Å²) in [6.45, 7) is 2.48. The Morgan fingerprint density at radius 2 is 2.06 bits per heavy atom. The van der Waals surface area contributed by atoms with E-state index in [0.29, 0.717) is 18.4 Å². The van der Waals surface area contributed by atoms with Crippen LogP contribution in [0.5, 0.6) is 0 Å². The van der Waals surface area contributed by atoms with Gasteiger partial charge >= 0.3 is 0 Å². The number of hydrogen-bond acceptors (Lipinski definition) is 7. The molecular weight excluding hydrogens is 510 g/mol. The lowest BCUT2D eigenvalue weighted by Crippen LogP contribution is -2.43. The summed E-state index contributed by atoms with van der Waals surface area (Å²) in [5, 5.41) is 15.5. The summed E-state index contributed by atoms with van der Waals surface area (Å²) < 4.78 is 41.3. The Balaban J connectivity index is 1.36. The molecule has 0 bridgehead atoms. The zero-order valence-electron chi connectivity index (χ0n) is 19.4. The van der Waals surface area contributed by atoms with Crippen LogP contribution in [0, 0.1) is 11.6 Å². The third-order valence-electron chi connectivity index (χ3n) is 5.65. The van der Waals surface area contributed by atoms with Gasteiger partial charge in [-0.05, 0) is 23.8 Å². The van der Waals surface area contributed by atoms with Gasteiger partial charge in [0.2, 0.25) is 0 Å². The van der Waals surface area contributed by atoms with E-state index in [1.54, 1.807) is 25.3 Å². The van der Waals surface area contributed by atoms with Crippen LogP contribution in [0.2, 0.25) is 5.15 Å². The number of pyridine rings is 1. The fourth-order valence-corrected chi connectivity index (χ4v) is 5.16. The van der Waals surface area contributed by atoms with E-state index in [1.165, 1.54) is 35.2 Å². The molecule has 1 saturated heterocycles. The highest BCUT2D eigenvalue weighted by atomic mass is 35.5. The second-order valence-electron chi connectivity index (χ2n) is 8.24. The molecule has 0 spiro atoms. The van der Waals surface area contributed by atoms with Gasteiger partial charge < -0.3 is 14.6 Å². The van der Waals surface area contributed by atoms with Crippen molar-refractivity contribution in [1.82, 2.24) is 19.7 Å². The standard InChI is InChI=1S/C25H25ClF2N4O3S/c1-17(25(33,14-32-16-29-15-31-32)21-8-7-19(27)10-22(21)28)36-20-12-34-24(35-13-20)5-3-2-4-18-6-9-23(26)30-11-18/h2-11,15-17,20,24,33H,12-14H2,1H3/b4-2+,5-3+. The van der Waals surface area contributed by atoms with E-state index in [9.17, 15) is 13.9 Å². The molecule has 3 aromatic rings. The highest BCUT2D eigenvalue weighted by Crippen LogP contribution is 2.38. The van der Waals surface area contributed by atoms with E-state index in [1.807, 2.05) is 24.3 Å². The number of hydrogen-bond donors (Lipinski definition) is 1. The Labute approximate surface area is 216 Å². The lowest BCUT2D eigenvalue weighted by atomic mass is 9.90. The van der Waals surface area contributed by atoms with Crippen molar-refractivity contribution in [3.63, 3.8) is 0 Å². The van der Waals surface area contributed by atoms with Crippen molar-refractivity contribution in [3.05, 3.63) is 95.3 Å². The van der Waals surface area contributed by atoms with E-state index in [-0.39, 0.29) is 17.4 Å². The van der Waals surface area contributed by atoms with Crippen molar-refractivity contribution in [3.8, 4) is 0 Å². The number of aliphatic hydroxyl groups is 1. The predicted octanol–water partition coefficient (Wildman–Crippen LogP) is 4.63. The van der Waals surface area contributed by atoms with Gasteiger partial charge in [-0.25, -0.2) is 23.4 Å². The van der Waals surface area contributed by atoms with Gasteiger partial charge in [-0.2, -0.15) is 5.10 Å². The molecule has 2 aromatic heterocycles. The first-order valence-corrected chi connectivity index (χ1v) is 12.5. The normalized spacial score (nSPS) is 21.1. The molecule has 1 aromatic carbocycles. The average Bonchev–Trinajstić information content (AvgIpc) is 3.36. The van der Waals surface area contributed by atoms with Crippen LogP contribution < -0.4 is 0 Å². The molecule has 2 unspecified atom stereocenters. The highest BCUT2D eigenvalue weighted by Gasteiger charge is 2.41. The van der Waals surface area contributed by atoms with Crippen LogP contribution in [0.1, 0.15) is 18.1 Å². The number of benzene rings is 1. The molecule has 4 rings (SSSR count). The summed E-state index contributed by atoms with van der Waals surface area (Å²) in [5.74, 6) is -1.54. The Morgan fingerprint density at radius 3 is 2.72 bits per heavy atom. The topological polar surface area (TPSA) is 82.3 Å². The van der Waals surface area contributed by atoms with Crippen LogP contribution in [0.4, 0.5) is 8.78 Å². The van der Waals surface area contributed by atoms with Crippen LogP contribution in [0.3, 0.4) is 0 Å². The molecule has 0 amide bonds. The number of nitrogens with zero attached hydrogens (tertiary/aromatic N) is 4. The van der Waals surface area contributed by atoms with Gasteiger partial charge in [-0.1, -0.05) is 48.9 Å². The summed E-state index contributed by atoms with van der Waals surface area (Å²) in [5.41, 5.74) is -0.787. The number of thioether (sulfide) groups is 1. The Hall–Kier alpha value is -2.63. The molecule has 0 aliphatic carbocycles. The van der Waals surface area contributed by atoms with Gasteiger partial charge in [0.15, 0.2) is 6.29 Å². The molecule has 1 fully saturated rings. The predicted molar refractivity (Wildman–Crippen MR) is 134 cm³/mol. The summed E-state index contributed by atoms with van der Waals surface area (Å²) in [4.78, 5) is 7.91. The van der Waals surface area contributed by atoms with Crippen LogP contribution >= 0.6 is 23.4 Å². The second kappa shape index (κ2) is 12.1. The van der Waals surface area contributed by atoms with Crippen molar-refractivity contribution in [2.24, 2.45) is 0 Å². The van der Waals surface area contributed by atoms with E-state index < -0.39 is 28.8 Å². The fraction of sp³-hybridized carbons (Fsp3) is 0.320. The molecule has 0 radical (unpaired) electrons. The minimum atomic E-state index is -1.69. The molecule has 7 nitrogen and oxygen atoms in total. The fourth-order valence-electron chi connectivity index (χ4n) is 3.73. The summed E-state index contributed by atoms with van der Waals surface area (Å²) >= 11 is 7.19. The summed E-state index contributed by atoms with van der Waals surface area (Å²) in [6, 6.07) is 6.73. The van der Waals surface area contributed by atoms with Crippen molar-refractivity contribution in [2.45, 2.75) is 35.9 Å². The van der Waals surface area contributed by atoms with Gasteiger partial charge in [0.1, 0.15) is 35.0 Å². The van der Waals surface area contributed by atoms with Gasteiger partial charge in [-0.15, -0.1) is 11.8 Å². The first kappa shape index (κ1) is 26.4. The third-order valence-corrected chi connectivity index (χ3v) is 7.33. The Morgan fingerprint density at radius 1 is 1.25 bits per heavy atom. The number of ether oxygens (including phenoxy) is 2. The van der Waals surface area contributed by atoms with E-state index in [0.717, 1.165) is 17.7 Å². The molecule has 36 heavy (non-hydrogen) atoms. The second-order valence-corrected chi connectivity index (χ2v) is 10.3. The summed E-state index contributed by atoms with van der Waals surface area (Å²) in [6.07, 6.45) is 11.3. The van der Waals surface area contributed by atoms with Crippen LogP contribution in [-0.4, -0.2) is 54.9 Å². The number of allylic oxidation sites excluding steroid dienone is 2. The minimum Gasteiger partial charge on any atom is -0.382 e. The van der Waals surface area contributed by atoms with E-state index in [2.05, 4.69) is 15.1 Å². The van der Waals surface area contributed by atoms with Gasteiger partial charge in [0, 0.05) is 23.1 Å². The number of halogens is 3. The van der Waals surface area contributed by atoms with Crippen LogP contribution in [0.25, 0.3) is 6.08 Å². The number of rotatable bonds is 9. The smallest absolute Gasteiger partial charge is 0.177 e. The zero-order valence-corrected chi connectivity index (χ0v) is 20.9. The third kappa shape index (κ3) is 6.77. The molecule has 3 heterocycles. The molecule has 11 heteroatoms. The van der Waals surface area contributed by atoms with Crippen molar-refractivity contribution >= 4 is 29.4 Å². The van der Waals surface area contributed by atoms with Crippen LogP contribution in [0.15, 0.2) is 67.4 Å². The van der Waals surface area contributed by atoms with Crippen LogP contribution in [-0.2, 0) is 21.6 Å². The first-order chi connectivity index (χ1) is 17.3. The maximum atomic E-state index is 14.7. The minimum absolute atomic E-state index is 0.0134.